The lowest BCUT2D eigenvalue weighted by molar-refractivity contribution is 0.171. The monoisotopic (exact) mass is 279 g/mol. The van der Waals surface area contributed by atoms with Gasteiger partial charge in [-0.3, -0.25) is 0 Å². The van der Waals surface area contributed by atoms with Gasteiger partial charge in [-0.2, -0.15) is 0 Å². The Balaban J connectivity index is 2.03. The second-order valence-corrected chi connectivity index (χ2v) is 6.28. The molecule has 0 heterocycles. The van der Waals surface area contributed by atoms with Crippen LogP contribution in [0.15, 0.2) is 54.6 Å². The van der Waals surface area contributed by atoms with E-state index in [2.05, 4.69) is 73.8 Å². The Bertz CT molecular complexity index is 584. The Labute approximate surface area is 128 Å². The molecule has 1 nitrogen and oxygen atoms in total. The standard InChI is InChI=1S/C20H25N/c1-3-21-19(17-10-7-9-16(2)15-17)20(13-8-14-20)18-11-5-4-6-12-18/h4-7,9-12,15,19,21H,3,8,13-14H2,1-2H3. The molecule has 2 aromatic rings. The summed E-state index contributed by atoms with van der Waals surface area (Å²) in [7, 11) is 0. The molecule has 1 aliphatic rings. The highest BCUT2D eigenvalue weighted by molar-refractivity contribution is 5.37. The number of hydrogen-bond acceptors (Lipinski definition) is 1. The van der Waals surface area contributed by atoms with Crippen LogP contribution >= 0.6 is 0 Å². The van der Waals surface area contributed by atoms with Crippen LogP contribution in [0.2, 0.25) is 0 Å². The minimum Gasteiger partial charge on any atom is -0.309 e. The molecule has 0 saturated heterocycles. The van der Waals surface area contributed by atoms with E-state index < -0.39 is 0 Å². The van der Waals surface area contributed by atoms with E-state index in [4.69, 9.17) is 0 Å². The lowest BCUT2D eigenvalue weighted by atomic mass is 9.58. The van der Waals surface area contributed by atoms with Gasteiger partial charge in [0.1, 0.15) is 0 Å². The first-order valence-electron chi connectivity index (χ1n) is 8.12. The SMILES string of the molecule is CCNC(c1cccc(C)c1)C1(c2ccccc2)CCC1. The molecule has 21 heavy (non-hydrogen) atoms. The second kappa shape index (κ2) is 6.03. The molecule has 1 fully saturated rings. The molecule has 0 radical (unpaired) electrons. The maximum absolute atomic E-state index is 3.77. The van der Waals surface area contributed by atoms with Crippen LogP contribution in [0, 0.1) is 6.92 Å². The summed E-state index contributed by atoms with van der Waals surface area (Å²) in [6.45, 7) is 5.40. The first kappa shape index (κ1) is 14.3. The number of likely N-dealkylation sites (N-methyl/N-ethyl adjacent to an activating group) is 1. The van der Waals surface area contributed by atoms with E-state index in [0.29, 0.717) is 6.04 Å². The van der Waals surface area contributed by atoms with Gasteiger partial charge in [0, 0.05) is 11.5 Å². The first-order chi connectivity index (χ1) is 10.3. The minimum atomic E-state index is 0.269. The average Bonchev–Trinajstić information content (AvgIpc) is 2.46. The zero-order valence-electron chi connectivity index (χ0n) is 13.1. The van der Waals surface area contributed by atoms with Crippen LogP contribution in [0.4, 0.5) is 0 Å². The third-order valence-electron chi connectivity index (χ3n) is 4.93. The van der Waals surface area contributed by atoms with Crippen LogP contribution in [0.3, 0.4) is 0 Å². The summed E-state index contributed by atoms with van der Waals surface area (Å²) in [5.41, 5.74) is 4.53. The van der Waals surface area contributed by atoms with Crippen LogP contribution in [0.5, 0.6) is 0 Å². The van der Waals surface area contributed by atoms with Crippen LogP contribution in [0.1, 0.15) is 48.9 Å². The van der Waals surface area contributed by atoms with Crippen molar-refractivity contribution in [3.8, 4) is 0 Å². The molecule has 1 saturated carbocycles. The highest BCUT2D eigenvalue weighted by Gasteiger charge is 2.45. The average molecular weight is 279 g/mol. The van der Waals surface area contributed by atoms with Crippen LogP contribution in [0.25, 0.3) is 0 Å². The predicted octanol–water partition coefficient (Wildman–Crippen LogP) is 4.77. The molecule has 0 amide bonds. The van der Waals surface area contributed by atoms with Gasteiger partial charge in [0.2, 0.25) is 0 Å². The van der Waals surface area contributed by atoms with E-state index in [1.165, 1.54) is 36.0 Å². The van der Waals surface area contributed by atoms with Crippen molar-refractivity contribution in [2.24, 2.45) is 0 Å². The Morgan fingerprint density at radius 1 is 1.05 bits per heavy atom. The van der Waals surface area contributed by atoms with Gasteiger partial charge >= 0.3 is 0 Å². The molecule has 0 aromatic heterocycles. The number of nitrogens with one attached hydrogen (secondary N) is 1. The van der Waals surface area contributed by atoms with E-state index in [-0.39, 0.29) is 5.41 Å². The molecule has 1 atom stereocenters. The van der Waals surface area contributed by atoms with E-state index in [1.807, 2.05) is 0 Å². The van der Waals surface area contributed by atoms with Crippen molar-refractivity contribution in [3.05, 3.63) is 71.3 Å². The summed E-state index contributed by atoms with van der Waals surface area (Å²) in [6, 6.07) is 20.5. The fraction of sp³-hybridized carbons (Fsp3) is 0.400. The Hall–Kier alpha value is -1.60. The summed E-state index contributed by atoms with van der Waals surface area (Å²) < 4.78 is 0. The summed E-state index contributed by atoms with van der Waals surface area (Å²) >= 11 is 0. The quantitative estimate of drug-likeness (QED) is 0.831. The molecule has 0 spiro atoms. The van der Waals surface area contributed by atoms with Gasteiger partial charge in [0.25, 0.3) is 0 Å². The van der Waals surface area contributed by atoms with Gasteiger partial charge in [-0.05, 0) is 37.4 Å². The highest BCUT2D eigenvalue weighted by atomic mass is 14.9. The molecule has 110 valence electrons. The van der Waals surface area contributed by atoms with Crippen molar-refractivity contribution in [3.63, 3.8) is 0 Å². The maximum atomic E-state index is 3.77. The van der Waals surface area contributed by atoms with Gasteiger partial charge in [0.05, 0.1) is 0 Å². The molecule has 3 rings (SSSR count). The van der Waals surface area contributed by atoms with E-state index >= 15 is 0 Å². The molecule has 1 aliphatic carbocycles. The molecule has 2 aromatic carbocycles. The lowest BCUT2D eigenvalue weighted by Crippen LogP contribution is -2.46. The Morgan fingerprint density at radius 3 is 2.38 bits per heavy atom. The molecule has 1 heteroatoms. The fourth-order valence-corrected chi connectivity index (χ4v) is 3.76. The zero-order valence-corrected chi connectivity index (χ0v) is 13.1. The van der Waals surface area contributed by atoms with Crippen molar-refractivity contribution in [2.45, 2.75) is 44.6 Å². The molecular formula is C20H25N. The van der Waals surface area contributed by atoms with Crippen molar-refractivity contribution in [1.82, 2.24) is 5.32 Å². The van der Waals surface area contributed by atoms with Gasteiger partial charge in [-0.15, -0.1) is 0 Å². The topological polar surface area (TPSA) is 12.0 Å². The zero-order chi connectivity index (χ0) is 14.7. The highest BCUT2D eigenvalue weighted by Crippen LogP contribution is 2.52. The van der Waals surface area contributed by atoms with Crippen LogP contribution in [-0.2, 0) is 5.41 Å². The fourth-order valence-electron chi connectivity index (χ4n) is 3.76. The summed E-state index contributed by atoms with van der Waals surface area (Å²) in [6.07, 6.45) is 3.90. The van der Waals surface area contributed by atoms with Gasteiger partial charge in [-0.25, -0.2) is 0 Å². The second-order valence-electron chi connectivity index (χ2n) is 6.28. The molecule has 1 N–H and O–H groups in total. The Kier molecular flexibility index (Phi) is 4.12. The lowest BCUT2D eigenvalue weighted by Gasteiger charge is -2.49. The largest absolute Gasteiger partial charge is 0.309 e. The van der Waals surface area contributed by atoms with Crippen molar-refractivity contribution in [2.75, 3.05) is 6.54 Å². The van der Waals surface area contributed by atoms with Crippen molar-refractivity contribution >= 4 is 0 Å². The van der Waals surface area contributed by atoms with Gasteiger partial charge in [0.15, 0.2) is 0 Å². The Morgan fingerprint density at radius 2 is 1.81 bits per heavy atom. The number of hydrogen-bond donors (Lipinski definition) is 1. The van der Waals surface area contributed by atoms with Gasteiger partial charge < -0.3 is 5.32 Å². The van der Waals surface area contributed by atoms with Crippen molar-refractivity contribution in [1.29, 1.82) is 0 Å². The third kappa shape index (κ3) is 2.63. The maximum Gasteiger partial charge on any atom is 0.0418 e. The van der Waals surface area contributed by atoms with Crippen LogP contribution < -0.4 is 5.32 Å². The smallest absolute Gasteiger partial charge is 0.0418 e. The minimum absolute atomic E-state index is 0.269. The number of rotatable bonds is 5. The number of benzene rings is 2. The first-order valence-corrected chi connectivity index (χ1v) is 8.12. The van der Waals surface area contributed by atoms with Gasteiger partial charge in [-0.1, -0.05) is 73.5 Å². The summed E-state index contributed by atoms with van der Waals surface area (Å²) in [4.78, 5) is 0. The van der Waals surface area contributed by atoms with Crippen molar-refractivity contribution < 1.29 is 0 Å². The normalized spacial score (nSPS) is 18.0. The predicted molar refractivity (Wildman–Crippen MR) is 89.6 cm³/mol. The van der Waals surface area contributed by atoms with E-state index in [9.17, 15) is 0 Å². The third-order valence-corrected chi connectivity index (χ3v) is 4.93. The van der Waals surface area contributed by atoms with Crippen LogP contribution in [-0.4, -0.2) is 6.54 Å². The summed E-state index contributed by atoms with van der Waals surface area (Å²) in [5.74, 6) is 0. The molecular weight excluding hydrogens is 254 g/mol. The molecule has 1 unspecified atom stereocenters. The van der Waals surface area contributed by atoms with E-state index in [0.717, 1.165) is 6.54 Å². The molecule has 0 bridgehead atoms. The molecule has 0 aliphatic heterocycles. The number of aryl methyl sites for hydroxylation is 1. The van der Waals surface area contributed by atoms with E-state index in [1.54, 1.807) is 0 Å². The summed E-state index contributed by atoms with van der Waals surface area (Å²) in [5, 5.41) is 3.77.